The molecular weight excluding hydrogens is 231 g/mol. The number of hydrogen-bond donors (Lipinski definition) is 0. The first-order valence-corrected chi connectivity index (χ1v) is 4.81. The van der Waals surface area contributed by atoms with Crippen LogP contribution in [0, 0.1) is 12.7 Å². The van der Waals surface area contributed by atoms with Crippen molar-refractivity contribution in [3.8, 4) is 0 Å². The van der Waals surface area contributed by atoms with Gasteiger partial charge in [0.2, 0.25) is 0 Å². The number of halogens is 2. The molecule has 0 radical (unpaired) electrons. The van der Waals surface area contributed by atoms with Crippen molar-refractivity contribution < 1.29 is 4.39 Å². The molecule has 0 bridgehead atoms. The second kappa shape index (κ2) is 3.11. The van der Waals surface area contributed by atoms with E-state index in [2.05, 4.69) is 15.9 Å². The summed E-state index contributed by atoms with van der Waals surface area (Å²) < 4.78 is 14.1. The Kier molecular flexibility index (Phi) is 2.08. The molecule has 66 valence electrons. The Morgan fingerprint density at radius 1 is 1.08 bits per heavy atom. The molecule has 0 spiro atoms. The van der Waals surface area contributed by atoms with Crippen molar-refractivity contribution >= 4 is 26.7 Å². The lowest BCUT2D eigenvalue weighted by Crippen LogP contribution is -1.82. The zero-order valence-corrected chi connectivity index (χ0v) is 8.73. The molecule has 13 heavy (non-hydrogen) atoms. The van der Waals surface area contributed by atoms with Gasteiger partial charge in [0.25, 0.3) is 0 Å². The van der Waals surface area contributed by atoms with Gasteiger partial charge in [0.1, 0.15) is 5.82 Å². The minimum absolute atomic E-state index is 0.148. The molecule has 0 heterocycles. The summed E-state index contributed by atoms with van der Waals surface area (Å²) in [5, 5.41) is 2.00. The van der Waals surface area contributed by atoms with Crippen LogP contribution >= 0.6 is 15.9 Å². The minimum atomic E-state index is -0.148. The van der Waals surface area contributed by atoms with Gasteiger partial charge < -0.3 is 0 Å². The van der Waals surface area contributed by atoms with Crippen LogP contribution in [0.1, 0.15) is 5.56 Å². The van der Waals surface area contributed by atoms with Gasteiger partial charge in [-0.15, -0.1) is 0 Å². The average Bonchev–Trinajstić information content (AvgIpc) is 2.08. The Bertz CT molecular complexity index is 463. The molecule has 0 saturated heterocycles. The number of benzene rings is 2. The summed E-state index contributed by atoms with van der Waals surface area (Å²) in [7, 11) is 0. The van der Waals surface area contributed by atoms with E-state index in [0.717, 1.165) is 15.2 Å². The highest BCUT2D eigenvalue weighted by Gasteiger charge is 2.00. The Morgan fingerprint density at radius 2 is 1.85 bits per heavy atom. The minimum Gasteiger partial charge on any atom is -0.207 e. The normalized spacial score (nSPS) is 10.7. The van der Waals surface area contributed by atoms with Crippen LogP contribution in [0.15, 0.2) is 34.8 Å². The highest BCUT2D eigenvalue weighted by Crippen LogP contribution is 2.22. The van der Waals surface area contributed by atoms with Gasteiger partial charge >= 0.3 is 0 Å². The third kappa shape index (κ3) is 1.59. The van der Waals surface area contributed by atoms with Crippen LogP contribution in [-0.4, -0.2) is 0 Å². The number of rotatable bonds is 0. The number of fused-ring (bicyclic) bond motifs is 1. The van der Waals surface area contributed by atoms with Gasteiger partial charge in [-0.2, -0.15) is 0 Å². The maximum Gasteiger partial charge on any atom is 0.126 e. The molecule has 2 rings (SSSR count). The highest BCUT2D eigenvalue weighted by molar-refractivity contribution is 9.10. The van der Waals surface area contributed by atoms with Gasteiger partial charge in [-0.1, -0.05) is 22.0 Å². The SMILES string of the molecule is Cc1cc2ccc(Br)cc2cc1F. The van der Waals surface area contributed by atoms with Crippen LogP contribution in [-0.2, 0) is 0 Å². The summed E-state index contributed by atoms with van der Waals surface area (Å²) in [5.41, 5.74) is 0.690. The summed E-state index contributed by atoms with van der Waals surface area (Å²) >= 11 is 3.35. The molecule has 0 saturated carbocycles. The average molecular weight is 239 g/mol. The van der Waals surface area contributed by atoms with Crippen molar-refractivity contribution in [2.24, 2.45) is 0 Å². The standard InChI is InChI=1S/C11H8BrF/c1-7-4-8-2-3-10(12)5-9(8)6-11(7)13/h2-6H,1H3. The van der Waals surface area contributed by atoms with E-state index in [-0.39, 0.29) is 5.82 Å². The van der Waals surface area contributed by atoms with Crippen molar-refractivity contribution in [2.75, 3.05) is 0 Å². The molecule has 0 aliphatic carbocycles. The van der Waals surface area contributed by atoms with E-state index in [1.165, 1.54) is 0 Å². The topological polar surface area (TPSA) is 0 Å². The lowest BCUT2D eigenvalue weighted by Gasteiger charge is -2.01. The van der Waals surface area contributed by atoms with Crippen LogP contribution in [0.4, 0.5) is 4.39 Å². The monoisotopic (exact) mass is 238 g/mol. The van der Waals surface area contributed by atoms with E-state index in [0.29, 0.717) is 5.56 Å². The molecule has 2 aromatic carbocycles. The highest BCUT2D eigenvalue weighted by atomic mass is 79.9. The molecular formula is C11H8BrF. The first kappa shape index (κ1) is 8.70. The fraction of sp³-hybridized carbons (Fsp3) is 0.0909. The summed E-state index contributed by atoms with van der Waals surface area (Å²) in [5.74, 6) is -0.148. The van der Waals surface area contributed by atoms with Crippen molar-refractivity contribution in [3.63, 3.8) is 0 Å². The summed E-state index contributed by atoms with van der Waals surface area (Å²) in [6.07, 6.45) is 0. The van der Waals surface area contributed by atoms with Crippen molar-refractivity contribution in [1.82, 2.24) is 0 Å². The predicted molar refractivity (Wildman–Crippen MR) is 56.3 cm³/mol. The van der Waals surface area contributed by atoms with Gasteiger partial charge in [-0.05, 0) is 47.5 Å². The Morgan fingerprint density at radius 3 is 2.62 bits per heavy atom. The predicted octanol–water partition coefficient (Wildman–Crippen LogP) is 4.05. The Balaban J connectivity index is 2.81. The van der Waals surface area contributed by atoms with Crippen LogP contribution < -0.4 is 0 Å². The zero-order valence-electron chi connectivity index (χ0n) is 7.14. The van der Waals surface area contributed by atoms with E-state index < -0.39 is 0 Å². The third-order valence-electron chi connectivity index (χ3n) is 2.08. The number of hydrogen-bond acceptors (Lipinski definition) is 0. The first-order valence-electron chi connectivity index (χ1n) is 4.02. The summed E-state index contributed by atoms with van der Waals surface area (Å²) in [6, 6.07) is 9.27. The molecule has 0 aromatic heterocycles. The number of aryl methyl sites for hydroxylation is 1. The second-order valence-corrected chi connectivity index (χ2v) is 4.01. The zero-order chi connectivity index (χ0) is 9.42. The summed E-state index contributed by atoms with van der Waals surface area (Å²) in [4.78, 5) is 0. The fourth-order valence-electron chi connectivity index (χ4n) is 1.35. The van der Waals surface area contributed by atoms with Crippen LogP contribution in [0.3, 0.4) is 0 Å². The molecule has 0 aliphatic rings. The van der Waals surface area contributed by atoms with Gasteiger partial charge in [0, 0.05) is 4.47 Å². The molecule has 0 N–H and O–H groups in total. The third-order valence-corrected chi connectivity index (χ3v) is 2.57. The first-order chi connectivity index (χ1) is 6.16. The van der Waals surface area contributed by atoms with Gasteiger partial charge in [-0.3, -0.25) is 0 Å². The maximum absolute atomic E-state index is 13.2. The van der Waals surface area contributed by atoms with Crippen LogP contribution in [0.25, 0.3) is 10.8 Å². The molecule has 0 fully saturated rings. The fourth-order valence-corrected chi connectivity index (χ4v) is 1.73. The van der Waals surface area contributed by atoms with Gasteiger partial charge in [0.05, 0.1) is 0 Å². The molecule has 0 amide bonds. The molecule has 2 heteroatoms. The lowest BCUT2D eigenvalue weighted by molar-refractivity contribution is 0.620. The van der Waals surface area contributed by atoms with Gasteiger partial charge in [0.15, 0.2) is 0 Å². The molecule has 0 nitrogen and oxygen atoms in total. The van der Waals surface area contributed by atoms with E-state index in [9.17, 15) is 4.39 Å². The molecule has 0 unspecified atom stereocenters. The maximum atomic E-state index is 13.2. The van der Waals surface area contributed by atoms with Crippen LogP contribution in [0.5, 0.6) is 0 Å². The Labute approximate surface area is 84.5 Å². The van der Waals surface area contributed by atoms with Gasteiger partial charge in [-0.25, -0.2) is 4.39 Å². The molecule has 0 aliphatic heterocycles. The van der Waals surface area contributed by atoms with E-state index in [4.69, 9.17) is 0 Å². The largest absolute Gasteiger partial charge is 0.207 e. The van der Waals surface area contributed by atoms with E-state index in [1.54, 1.807) is 13.0 Å². The smallest absolute Gasteiger partial charge is 0.126 e. The quantitative estimate of drug-likeness (QED) is 0.650. The molecule has 2 aromatic rings. The summed E-state index contributed by atoms with van der Waals surface area (Å²) in [6.45, 7) is 1.77. The van der Waals surface area contributed by atoms with Crippen molar-refractivity contribution in [2.45, 2.75) is 6.92 Å². The van der Waals surface area contributed by atoms with Crippen molar-refractivity contribution in [3.05, 3.63) is 46.2 Å². The van der Waals surface area contributed by atoms with E-state index in [1.807, 2.05) is 24.3 Å². The van der Waals surface area contributed by atoms with Crippen molar-refractivity contribution in [1.29, 1.82) is 0 Å². The molecule has 0 atom stereocenters. The van der Waals surface area contributed by atoms with E-state index >= 15 is 0 Å². The lowest BCUT2D eigenvalue weighted by atomic mass is 10.1. The Hall–Kier alpha value is -0.890. The van der Waals surface area contributed by atoms with Crippen LogP contribution in [0.2, 0.25) is 0 Å². The second-order valence-electron chi connectivity index (χ2n) is 3.09.